The van der Waals surface area contributed by atoms with Crippen LogP contribution in [0.5, 0.6) is 0 Å². The monoisotopic (exact) mass is 307 g/mol. The van der Waals surface area contributed by atoms with Gasteiger partial charge in [0.05, 0.1) is 12.3 Å². The number of aryl methyl sites for hydroxylation is 1. The minimum absolute atomic E-state index is 0.0687. The van der Waals surface area contributed by atoms with Crippen LogP contribution in [0.4, 0.5) is 0 Å². The van der Waals surface area contributed by atoms with E-state index in [0.29, 0.717) is 5.69 Å². The second-order valence-corrected chi connectivity index (χ2v) is 7.17. The van der Waals surface area contributed by atoms with Crippen molar-refractivity contribution in [2.24, 2.45) is 0 Å². The van der Waals surface area contributed by atoms with E-state index in [9.17, 15) is 13.5 Å². The summed E-state index contributed by atoms with van der Waals surface area (Å²) in [5.41, 5.74) is 0.623. The van der Waals surface area contributed by atoms with Crippen LogP contribution in [0.15, 0.2) is 4.90 Å². The molecule has 1 atom stereocenters. The fourth-order valence-corrected chi connectivity index (χ4v) is 4.61. The van der Waals surface area contributed by atoms with Crippen molar-refractivity contribution in [3.63, 3.8) is 0 Å². The molecule has 1 aromatic heterocycles. The van der Waals surface area contributed by atoms with Gasteiger partial charge in [0.1, 0.15) is 10.6 Å². The van der Waals surface area contributed by atoms with Crippen LogP contribution in [0.2, 0.25) is 0 Å². The number of hydrogen-bond donors (Lipinski definition) is 2. The number of aromatic amines is 1. The van der Waals surface area contributed by atoms with Gasteiger partial charge in [0.15, 0.2) is 0 Å². The quantitative estimate of drug-likeness (QED) is 0.784. The zero-order valence-corrected chi connectivity index (χ0v) is 13.3. The molecule has 0 aromatic carbocycles. The maximum atomic E-state index is 12.6. The van der Waals surface area contributed by atoms with Crippen molar-refractivity contribution in [3.8, 4) is 0 Å². The summed E-state index contributed by atoms with van der Waals surface area (Å²) >= 11 is 1.61. The van der Waals surface area contributed by atoms with Crippen molar-refractivity contribution in [1.29, 1.82) is 0 Å². The van der Waals surface area contributed by atoms with Crippen LogP contribution < -0.4 is 0 Å². The molecule has 0 saturated carbocycles. The lowest BCUT2D eigenvalue weighted by atomic mass is 10.3. The lowest BCUT2D eigenvalue weighted by Gasteiger charge is -2.26. The van der Waals surface area contributed by atoms with Gasteiger partial charge in [-0.05, 0) is 19.6 Å². The highest BCUT2D eigenvalue weighted by molar-refractivity contribution is 7.98. The molecule has 1 heterocycles. The van der Waals surface area contributed by atoms with Gasteiger partial charge in [-0.2, -0.15) is 21.2 Å². The molecule has 0 bridgehead atoms. The molecule has 0 aliphatic rings. The Morgan fingerprint density at radius 1 is 1.53 bits per heavy atom. The van der Waals surface area contributed by atoms with Crippen LogP contribution in [-0.4, -0.2) is 53.1 Å². The standard InChI is InChI=1S/C11H21N3O3S2/c1-5-9(7-18-4)14(3)19(16,17)11-8(2)12-13-10(11)6-15/h9,15H,5-7H2,1-4H3,(H,12,13). The molecule has 0 saturated heterocycles. The van der Waals surface area contributed by atoms with E-state index in [0.717, 1.165) is 12.2 Å². The summed E-state index contributed by atoms with van der Waals surface area (Å²) < 4.78 is 26.6. The molecular weight excluding hydrogens is 286 g/mol. The molecule has 8 heteroatoms. The number of thioether (sulfide) groups is 1. The highest BCUT2D eigenvalue weighted by atomic mass is 32.2. The third-order valence-corrected chi connectivity index (χ3v) is 5.92. The van der Waals surface area contributed by atoms with Gasteiger partial charge in [0, 0.05) is 18.8 Å². The molecule has 2 N–H and O–H groups in total. The minimum atomic E-state index is -3.64. The van der Waals surface area contributed by atoms with Crippen molar-refractivity contribution in [1.82, 2.24) is 14.5 Å². The van der Waals surface area contributed by atoms with Crippen molar-refractivity contribution < 1.29 is 13.5 Å². The average Bonchev–Trinajstić information content (AvgIpc) is 2.76. The van der Waals surface area contributed by atoms with E-state index in [1.807, 2.05) is 13.2 Å². The lowest BCUT2D eigenvalue weighted by Crippen LogP contribution is -2.38. The zero-order valence-electron chi connectivity index (χ0n) is 11.7. The minimum Gasteiger partial charge on any atom is -0.390 e. The van der Waals surface area contributed by atoms with Crippen LogP contribution in [0, 0.1) is 6.92 Å². The van der Waals surface area contributed by atoms with Crippen LogP contribution in [0.25, 0.3) is 0 Å². The van der Waals surface area contributed by atoms with E-state index in [2.05, 4.69) is 10.2 Å². The second kappa shape index (κ2) is 6.74. The maximum absolute atomic E-state index is 12.6. The first-order valence-corrected chi connectivity index (χ1v) is 8.85. The molecular formula is C11H21N3O3S2. The van der Waals surface area contributed by atoms with Crippen LogP contribution in [0.3, 0.4) is 0 Å². The number of nitrogens with one attached hydrogen (secondary N) is 1. The van der Waals surface area contributed by atoms with E-state index >= 15 is 0 Å². The molecule has 0 fully saturated rings. The number of rotatable bonds is 7. The van der Waals surface area contributed by atoms with Crippen molar-refractivity contribution in [2.45, 2.75) is 37.8 Å². The zero-order chi connectivity index (χ0) is 14.6. The SMILES string of the molecule is CCC(CSC)N(C)S(=O)(=O)c1c(CO)n[nH]c1C. The first-order chi connectivity index (χ1) is 8.89. The summed E-state index contributed by atoms with van der Waals surface area (Å²) in [4.78, 5) is 0.0945. The number of aromatic nitrogens is 2. The van der Waals surface area contributed by atoms with E-state index in [-0.39, 0.29) is 16.6 Å². The smallest absolute Gasteiger partial charge is 0.246 e. The largest absolute Gasteiger partial charge is 0.390 e. The predicted octanol–water partition coefficient (Wildman–Crippen LogP) is 0.973. The fourth-order valence-electron chi connectivity index (χ4n) is 1.93. The Morgan fingerprint density at radius 3 is 2.63 bits per heavy atom. The van der Waals surface area contributed by atoms with Gasteiger partial charge in [0.25, 0.3) is 0 Å². The first kappa shape index (κ1) is 16.5. The van der Waals surface area contributed by atoms with Crippen molar-refractivity contribution in [2.75, 3.05) is 19.1 Å². The van der Waals surface area contributed by atoms with Gasteiger partial charge < -0.3 is 5.11 Å². The number of aliphatic hydroxyl groups is 1. The van der Waals surface area contributed by atoms with Gasteiger partial charge >= 0.3 is 0 Å². The van der Waals surface area contributed by atoms with E-state index < -0.39 is 16.6 Å². The summed E-state index contributed by atoms with van der Waals surface area (Å²) in [5.74, 6) is 0.734. The number of nitrogens with zero attached hydrogens (tertiary/aromatic N) is 2. The van der Waals surface area contributed by atoms with Gasteiger partial charge in [-0.1, -0.05) is 6.92 Å². The van der Waals surface area contributed by atoms with Crippen molar-refractivity contribution in [3.05, 3.63) is 11.4 Å². The highest BCUT2D eigenvalue weighted by Crippen LogP contribution is 2.24. The number of hydrogen-bond acceptors (Lipinski definition) is 5. The predicted molar refractivity (Wildman–Crippen MR) is 76.7 cm³/mol. The summed E-state index contributed by atoms with van der Waals surface area (Å²) in [6, 6.07) is -0.0687. The molecule has 1 aromatic rings. The van der Waals surface area contributed by atoms with E-state index in [4.69, 9.17) is 0 Å². The molecule has 110 valence electrons. The molecule has 1 unspecified atom stereocenters. The maximum Gasteiger partial charge on any atom is 0.246 e. The van der Waals surface area contributed by atoms with Crippen LogP contribution >= 0.6 is 11.8 Å². The lowest BCUT2D eigenvalue weighted by molar-refractivity contribution is 0.272. The number of sulfonamides is 1. The Morgan fingerprint density at radius 2 is 2.16 bits per heavy atom. The van der Waals surface area contributed by atoms with Crippen molar-refractivity contribution >= 4 is 21.8 Å². The van der Waals surface area contributed by atoms with Gasteiger partial charge in [-0.25, -0.2) is 8.42 Å². The third kappa shape index (κ3) is 3.31. The summed E-state index contributed by atoms with van der Waals surface area (Å²) in [5, 5.41) is 15.7. The molecule has 19 heavy (non-hydrogen) atoms. The Kier molecular flexibility index (Phi) is 5.84. The molecule has 0 spiro atoms. The third-order valence-electron chi connectivity index (χ3n) is 3.09. The Hall–Kier alpha value is -0.570. The van der Waals surface area contributed by atoms with Gasteiger partial charge in [-0.15, -0.1) is 0 Å². The Labute approximate surface area is 118 Å². The van der Waals surface area contributed by atoms with Gasteiger partial charge in [-0.3, -0.25) is 5.10 Å². The average molecular weight is 307 g/mol. The van der Waals surface area contributed by atoms with E-state index in [1.54, 1.807) is 25.7 Å². The number of H-pyrrole nitrogens is 1. The summed E-state index contributed by atoms with van der Waals surface area (Å²) in [7, 11) is -2.06. The molecule has 0 aliphatic carbocycles. The van der Waals surface area contributed by atoms with Gasteiger partial charge in [0.2, 0.25) is 10.0 Å². The highest BCUT2D eigenvalue weighted by Gasteiger charge is 2.31. The molecule has 0 radical (unpaired) electrons. The summed E-state index contributed by atoms with van der Waals surface area (Å²) in [6.07, 6.45) is 2.69. The molecule has 0 amide bonds. The Balaban J connectivity index is 3.19. The molecule has 6 nitrogen and oxygen atoms in total. The summed E-state index contributed by atoms with van der Waals surface area (Å²) in [6.45, 7) is 3.20. The number of aliphatic hydroxyl groups excluding tert-OH is 1. The van der Waals surface area contributed by atoms with Crippen LogP contribution in [-0.2, 0) is 16.6 Å². The normalized spacial score (nSPS) is 14.0. The molecule has 1 rings (SSSR count). The Bertz CT molecular complexity index is 513. The van der Waals surface area contributed by atoms with Crippen LogP contribution in [0.1, 0.15) is 24.7 Å². The fraction of sp³-hybridized carbons (Fsp3) is 0.727. The molecule has 0 aliphatic heterocycles. The topological polar surface area (TPSA) is 86.3 Å². The first-order valence-electron chi connectivity index (χ1n) is 6.01. The second-order valence-electron chi connectivity index (χ2n) is 4.32. The van der Waals surface area contributed by atoms with E-state index in [1.165, 1.54) is 4.31 Å².